The zero-order chi connectivity index (χ0) is 13.2. The summed E-state index contributed by atoms with van der Waals surface area (Å²) in [5, 5.41) is 3.63. The number of amides is 1. The minimum absolute atomic E-state index is 0.370. The highest BCUT2D eigenvalue weighted by molar-refractivity contribution is 5.76. The first-order valence-electron chi connectivity index (χ1n) is 7.90. The summed E-state index contributed by atoms with van der Waals surface area (Å²) >= 11 is 0. The number of fused-ring (bicyclic) bond motifs is 2. The van der Waals surface area contributed by atoms with Gasteiger partial charge in [-0.3, -0.25) is 4.79 Å². The van der Waals surface area contributed by atoms with Gasteiger partial charge in [-0.2, -0.15) is 0 Å². The molecule has 1 N–H and O–H groups in total. The van der Waals surface area contributed by atoms with Crippen LogP contribution in [0.25, 0.3) is 0 Å². The van der Waals surface area contributed by atoms with Crippen molar-refractivity contribution in [2.75, 3.05) is 19.7 Å². The van der Waals surface area contributed by atoms with Crippen molar-refractivity contribution in [2.24, 2.45) is 5.92 Å². The topological polar surface area (TPSA) is 41.6 Å². The monoisotopic (exact) mass is 266 g/mol. The summed E-state index contributed by atoms with van der Waals surface area (Å²) in [7, 11) is 0. The van der Waals surface area contributed by atoms with E-state index in [9.17, 15) is 4.79 Å². The predicted molar refractivity (Wildman–Crippen MR) is 73.9 cm³/mol. The van der Waals surface area contributed by atoms with Crippen LogP contribution in [0.2, 0.25) is 0 Å². The van der Waals surface area contributed by atoms with Crippen LogP contribution in [0.3, 0.4) is 0 Å². The van der Waals surface area contributed by atoms with Gasteiger partial charge in [-0.15, -0.1) is 0 Å². The standard InChI is InChI=1S/C15H26N2O2/c1-2-19-14-7-11(8-14)9-15(18)17-6-5-12-3-4-13(10-17)16-12/h11-14,16H,2-10H2,1H3. The van der Waals surface area contributed by atoms with Crippen LogP contribution in [-0.2, 0) is 9.53 Å². The maximum absolute atomic E-state index is 12.4. The van der Waals surface area contributed by atoms with E-state index in [1.54, 1.807) is 0 Å². The van der Waals surface area contributed by atoms with E-state index < -0.39 is 0 Å². The molecule has 19 heavy (non-hydrogen) atoms. The molecule has 2 saturated heterocycles. The van der Waals surface area contributed by atoms with Crippen molar-refractivity contribution in [3.8, 4) is 0 Å². The molecule has 1 amide bonds. The Balaban J connectivity index is 1.43. The molecule has 0 spiro atoms. The summed E-state index contributed by atoms with van der Waals surface area (Å²) in [5.74, 6) is 0.937. The molecule has 2 aliphatic heterocycles. The number of ether oxygens (including phenoxy) is 1. The SMILES string of the molecule is CCOC1CC(CC(=O)N2CCC3CCC(C2)N3)C1. The molecule has 0 aromatic rings. The first kappa shape index (κ1) is 13.4. The van der Waals surface area contributed by atoms with Crippen LogP contribution in [0.5, 0.6) is 0 Å². The number of rotatable bonds is 4. The molecule has 3 aliphatic rings. The quantitative estimate of drug-likeness (QED) is 0.839. The lowest BCUT2D eigenvalue weighted by Gasteiger charge is -2.36. The Morgan fingerprint density at radius 3 is 2.84 bits per heavy atom. The molecule has 2 bridgehead atoms. The fraction of sp³-hybridized carbons (Fsp3) is 0.933. The number of hydrogen-bond donors (Lipinski definition) is 1. The van der Waals surface area contributed by atoms with Crippen LogP contribution >= 0.6 is 0 Å². The Bertz CT molecular complexity index is 328. The van der Waals surface area contributed by atoms with Gasteiger partial charge in [0.1, 0.15) is 0 Å². The Morgan fingerprint density at radius 1 is 1.26 bits per heavy atom. The molecule has 1 saturated carbocycles. The normalized spacial score (nSPS) is 37.8. The lowest BCUT2D eigenvalue weighted by atomic mass is 9.79. The number of carbonyl (C=O) groups is 1. The fourth-order valence-corrected chi connectivity index (χ4v) is 3.76. The smallest absolute Gasteiger partial charge is 0.222 e. The molecule has 3 fully saturated rings. The van der Waals surface area contributed by atoms with Gasteiger partial charge in [-0.1, -0.05) is 0 Å². The Morgan fingerprint density at radius 2 is 2.05 bits per heavy atom. The lowest BCUT2D eigenvalue weighted by Crippen LogP contribution is -2.41. The average Bonchev–Trinajstić information content (AvgIpc) is 2.66. The van der Waals surface area contributed by atoms with E-state index in [1.807, 2.05) is 6.92 Å². The minimum atomic E-state index is 0.370. The second-order valence-corrected chi connectivity index (χ2v) is 6.39. The molecule has 0 aromatic heterocycles. The largest absolute Gasteiger partial charge is 0.378 e. The molecule has 2 heterocycles. The summed E-state index contributed by atoms with van der Waals surface area (Å²) in [4.78, 5) is 14.5. The van der Waals surface area contributed by atoms with Gasteiger partial charge in [0.05, 0.1) is 6.10 Å². The highest BCUT2D eigenvalue weighted by Gasteiger charge is 2.35. The maximum Gasteiger partial charge on any atom is 0.222 e. The van der Waals surface area contributed by atoms with Crippen molar-refractivity contribution in [1.29, 1.82) is 0 Å². The second kappa shape index (κ2) is 5.80. The molecular weight excluding hydrogens is 240 g/mol. The summed E-state index contributed by atoms with van der Waals surface area (Å²) in [6.45, 7) is 4.72. The second-order valence-electron chi connectivity index (χ2n) is 6.39. The highest BCUT2D eigenvalue weighted by atomic mass is 16.5. The van der Waals surface area contributed by atoms with Crippen molar-refractivity contribution in [1.82, 2.24) is 10.2 Å². The van der Waals surface area contributed by atoms with Gasteiger partial charge in [0.2, 0.25) is 5.91 Å². The molecular formula is C15H26N2O2. The van der Waals surface area contributed by atoms with Crippen molar-refractivity contribution in [2.45, 2.75) is 63.6 Å². The number of nitrogens with one attached hydrogen (secondary N) is 1. The molecule has 4 nitrogen and oxygen atoms in total. The van der Waals surface area contributed by atoms with E-state index in [4.69, 9.17) is 4.74 Å². The van der Waals surface area contributed by atoms with Crippen LogP contribution in [-0.4, -0.2) is 48.7 Å². The van der Waals surface area contributed by atoms with Gasteiger partial charge in [0.15, 0.2) is 0 Å². The predicted octanol–water partition coefficient (Wildman–Crippen LogP) is 1.54. The summed E-state index contributed by atoms with van der Waals surface area (Å²) in [5.41, 5.74) is 0. The van der Waals surface area contributed by atoms with Crippen molar-refractivity contribution in [3.63, 3.8) is 0 Å². The van der Waals surface area contributed by atoms with Gasteiger partial charge < -0.3 is 15.0 Å². The van der Waals surface area contributed by atoms with E-state index in [0.717, 1.165) is 45.4 Å². The zero-order valence-electron chi connectivity index (χ0n) is 11.9. The molecule has 0 radical (unpaired) electrons. The van der Waals surface area contributed by atoms with Crippen LogP contribution in [0.1, 0.15) is 45.4 Å². The Kier molecular flexibility index (Phi) is 4.08. The summed E-state index contributed by atoms with van der Waals surface area (Å²) in [6, 6.07) is 1.21. The van der Waals surface area contributed by atoms with E-state index in [-0.39, 0.29) is 0 Å². The third kappa shape index (κ3) is 3.11. The molecule has 2 unspecified atom stereocenters. The van der Waals surface area contributed by atoms with Crippen LogP contribution < -0.4 is 5.32 Å². The van der Waals surface area contributed by atoms with Crippen molar-refractivity contribution in [3.05, 3.63) is 0 Å². The number of hydrogen-bond acceptors (Lipinski definition) is 3. The molecule has 3 rings (SSSR count). The highest BCUT2D eigenvalue weighted by Crippen LogP contribution is 2.33. The molecule has 1 aliphatic carbocycles. The first-order chi connectivity index (χ1) is 9.24. The van der Waals surface area contributed by atoms with Gasteiger partial charge in [0.25, 0.3) is 0 Å². The third-order valence-electron chi connectivity index (χ3n) is 4.93. The Labute approximate surface area is 115 Å². The van der Waals surface area contributed by atoms with Crippen molar-refractivity contribution >= 4 is 5.91 Å². The molecule has 2 atom stereocenters. The summed E-state index contributed by atoms with van der Waals surface area (Å²) < 4.78 is 5.56. The van der Waals surface area contributed by atoms with E-state index >= 15 is 0 Å². The van der Waals surface area contributed by atoms with Gasteiger partial charge in [-0.25, -0.2) is 0 Å². The maximum atomic E-state index is 12.4. The molecule has 108 valence electrons. The zero-order valence-corrected chi connectivity index (χ0v) is 11.9. The van der Waals surface area contributed by atoms with Crippen LogP contribution in [0, 0.1) is 5.92 Å². The number of likely N-dealkylation sites (tertiary alicyclic amines) is 1. The van der Waals surface area contributed by atoms with Gasteiger partial charge in [0, 0.05) is 38.2 Å². The van der Waals surface area contributed by atoms with Crippen LogP contribution in [0.4, 0.5) is 0 Å². The molecule has 4 heteroatoms. The van der Waals surface area contributed by atoms with E-state index in [1.165, 1.54) is 12.8 Å². The average molecular weight is 266 g/mol. The van der Waals surface area contributed by atoms with Crippen molar-refractivity contribution < 1.29 is 9.53 Å². The first-order valence-corrected chi connectivity index (χ1v) is 7.90. The van der Waals surface area contributed by atoms with Crippen LogP contribution in [0.15, 0.2) is 0 Å². The van der Waals surface area contributed by atoms with Gasteiger partial charge >= 0.3 is 0 Å². The summed E-state index contributed by atoms with van der Waals surface area (Å²) in [6.07, 6.45) is 6.99. The number of nitrogens with zero attached hydrogens (tertiary/aromatic N) is 1. The number of carbonyl (C=O) groups excluding carboxylic acids is 1. The van der Waals surface area contributed by atoms with E-state index in [0.29, 0.717) is 30.0 Å². The fourth-order valence-electron chi connectivity index (χ4n) is 3.76. The third-order valence-corrected chi connectivity index (χ3v) is 4.93. The lowest BCUT2D eigenvalue weighted by molar-refractivity contribution is -0.134. The Hall–Kier alpha value is -0.610. The molecule has 0 aromatic carbocycles. The van der Waals surface area contributed by atoms with E-state index in [2.05, 4.69) is 10.2 Å². The van der Waals surface area contributed by atoms with Gasteiger partial charge in [-0.05, 0) is 44.9 Å². The minimum Gasteiger partial charge on any atom is -0.378 e.